The summed E-state index contributed by atoms with van der Waals surface area (Å²) >= 11 is 0. The van der Waals surface area contributed by atoms with E-state index in [2.05, 4.69) is 32.9 Å². The molecule has 0 unspecified atom stereocenters. The fourth-order valence-electron chi connectivity index (χ4n) is 3.31. The van der Waals surface area contributed by atoms with Gasteiger partial charge < -0.3 is 14.3 Å². The van der Waals surface area contributed by atoms with Crippen molar-refractivity contribution in [1.82, 2.24) is 0 Å². The average Bonchev–Trinajstić information content (AvgIpc) is 3.27. The molecule has 0 aliphatic carbocycles. The Balaban J connectivity index is 1.64. The van der Waals surface area contributed by atoms with Gasteiger partial charge in [-0.1, -0.05) is 30.2 Å². The zero-order valence-electron chi connectivity index (χ0n) is 18.2. The summed E-state index contributed by atoms with van der Waals surface area (Å²) in [7, 11) is 0. The summed E-state index contributed by atoms with van der Waals surface area (Å²) in [6.07, 6.45) is 17.5. The van der Waals surface area contributed by atoms with Gasteiger partial charge in [0, 0.05) is 0 Å². The fraction of sp³-hybridized carbons (Fsp3) is 0.480. The van der Waals surface area contributed by atoms with E-state index in [-0.39, 0.29) is 17.3 Å². The van der Waals surface area contributed by atoms with Gasteiger partial charge in [-0.3, -0.25) is 0 Å². The Hall–Kier alpha value is -2.49. The lowest BCUT2D eigenvalue weighted by Gasteiger charge is -2.07. The van der Waals surface area contributed by atoms with Crippen LogP contribution in [0.25, 0.3) is 0 Å². The second kappa shape index (κ2) is 11.5. The van der Waals surface area contributed by atoms with Gasteiger partial charge in [-0.15, -0.1) is 0 Å². The molecule has 2 rings (SSSR count). The minimum Gasteiger partial charge on any atom is -0.504 e. The first kappa shape index (κ1) is 22.8. The number of carbonyl (C=O) groups excluding carboxylic acids is 1. The number of ether oxygens (including phenoxy) is 1. The minimum absolute atomic E-state index is 0.0273. The number of cyclic esters (lactones) is 1. The summed E-state index contributed by atoms with van der Waals surface area (Å²) in [5.74, 6) is 0.0448. The molecule has 1 aromatic rings. The van der Waals surface area contributed by atoms with Gasteiger partial charge >= 0.3 is 5.97 Å². The Bertz CT molecular complexity index is 791. The zero-order valence-corrected chi connectivity index (χ0v) is 18.2. The molecule has 2 heterocycles. The molecule has 0 bridgehead atoms. The van der Waals surface area contributed by atoms with Crippen LogP contribution in [0.1, 0.15) is 71.8 Å². The van der Waals surface area contributed by atoms with Crippen molar-refractivity contribution < 1.29 is 19.1 Å². The molecule has 4 nitrogen and oxygen atoms in total. The molecule has 0 saturated heterocycles. The third-order valence-corrected chi connectivity index (χ3v) is 5.30. The van der Waals surface area contributed by atoms with Gasteiger partial charge in [0.15, 0.2) is 11.5 Å². The van der Waals surface area contributed by atoms with Crippen LogP contribution in [0.4, 0.5) is 0 Å². The second-order valence-corrected chi connectivity index (χ2v) is 8.07. The lowest BCUT2D eigenvalue weighted by Crippen LogP contribution is -1.97. The molecule has 0 amide bonds. The summed E-state index contributed by atoms with van der Waals surface area (Å²) in [5.41, 5.74) is 4.41. The van der Waals surface area contributed by atoms with Crippen LogP contribution >= 0.6 is 0 Å². The Morgan fingerprint density at radius 1 is 1.17 bits per heavy atom. The van der Waals surface area contributed by atoms with Gasteiger partial charge in [-0.25, -0.2) is 4.79 Å². The van der Waals surface area contributed by atoms with Crippen molar-refractivity contribution in [1.29, 1.82) is 0 Å². The van der Waals surface area contributed by atoms with E-state index in [9.17, 15) is 9.90 Å². The predicted molar refractivity (Wildman–Crippen MR) is 116 cm³/mol. The lowest BCUT2D eigenvalue weighted by atomic mass is 10.0. The molecule has 0 aromatic carbocycles. The molecule has 1 aliphatic heterocycles. The number of aliphatic hydroxyl groups excluding tert-OH is 1. The molecular formula is C25H34O4. The van der Waals surface area contributed by atoms with Crippen molar-refractivity contribution in [3.8, 4) is 0 Å². The van der Waals surface area contributed by atoms with Crippen molar-refractivity contribution in [3.63, 3.8) is 0 Å². The van der Waals surface area contributed by atoms with Crippen molar-refractivity contribution in [3.05, 3.63) is 70.6 Å². The highest BCUT2D eigenvalue weighted by molar-refractivity contribution is 5.93. The number of rotatable bonds is 11. The van der Waals surface area contributed by atoms with Gasteiger partial charge in [0.25, 0.3) is 0 Å². The first-order valence-electron chi connectivity index (χ1n) is 10.5. The average molecular weight is 399 g/mol. The SMILES string of the molecule is CC(=CCC[C@@H](C)C=C1OC(=O)C(C)=C1O)CCC=C(C)CCCc1ccoc1. The lowest BCUT2D eigenvalue weighted by molar-refractivity contribution is -0.133. The number of aliphatic hydroxyl groups is 1. The van der Waals surface area contributed by atoms with Crippen LogP contribution in [-0.4, -0.2) is 11.1 Å². The molecule has 158 valence electrons. The summed E-state index contributed by atoms with van der Waals surface area (Å²) in [6, 6.07) is 2.03. The number of allylic oxidation sites excluding steroid dienone is 5. The van der Waals surface area contributed by atoms with Gasteiger partial charge in [0.2, 0.25) is 0 Å². The molecule has 1 N–H and O–H groups in total. The van der Waals surface area contributed by atoms with E-state index in [4.69, 9.17) is 9.15 Å². The van der Waals surface area contributed by atoms with E-state index in [0.717, 1.165) is 44.9 Å². The number of carbonyl (C=O) groups is 1. The molecule has 1 aliphatic rings. The van der Waals surface area contributed by atoms with Crippen molar-refractivity contribution in [2.24, 2.45) is 5.92 Å². The highest BCUT2D eigenvalue weighted by Gasteiger charge is 2.26. The normalized spacial score (nSPS) is 17.9. The fourth-order valence-corrected chi connectivity index (χ4v) is 3.31. The molecule has 0 saturated carbocycles. The van der Waals surface area contributed by atoms with E-state index >= 15 is 0 Å². The van der Waals surface area contributed by atoms with Crippen LogP contribution in [0, 0.1) is 5.92 Å². The van der Waals surface area contributed by atoms with Crippen molar-refractivity contribution in [2.75, 3.05) is 0 Å². The van der Waals surface area contributed by atoms with E-state index < -0.39 is 5.97 Å². The van der Waals surface area contributed by atoms with Gasteiger partial charge in [0.1, 0.15) is 0 Å². The first-order valence-corrected chi connectivity index (χ1v) is 10.5. The van der Waals surface area contributed by atoms with E-state index in [1.165, 1.54) is 16.7 Å². The molecule has 1 aromatic heterocycles. The standard InChI is InChI=1S/C25H34O4/c1-18(8-5-9-19(2)11-7-13-22-14-15-28-17-22)10-6-12-20(3)16-23-24(26)21(4)25(27)29-23/h9-10,14-17,20,26H,5-8,11-13H2,1-4H3/t20-/m1/s1. The maximum atomic E-state index is 11.4. The van der Waals surface area contributed by atoms with Gasteiger partial charge in [-0.2, -0.15) is 0 Å². The molecule has 4 heteroatoms. The third-order valence-electron chi connectivity index (χ3n) is 5.30. The van der Waals surface area contributed by atoms with Gasteiger partial charge in [0.05, 0.1) is 18.1 Å². The topological polar surface area (TPSA) is 59.7 Å². The largest absolute Gasteiger partial charge is 0.504 e. The van der Waals surface area contributed by atoms with Crippen LogP contribution in [0.15, 0.2) is 69.5 Å². The predicted octanol–water partition coefficient (Wildman–Crippen LogP) is 6.96. The number of aryl methyl sites for hydroxylation is 1. The van der Waals surface area contributed by atoms with E-state index in [1.807, 2.05) is 18.4 Å². The maximum Gasteiger partial charge on any atom is 0.343 e. The number of esters is 1. The minimum atomic E-state index is -0.457. The Kier molecular flexibility index (Phi) is 9.04. The smallest absolute Gasteiger partial charge is 0.343 e. The number of hydrogen-bond donors (Lipinski definition) is 1. The van der Waals surface area contributed by atoms with Crippen molar-refractivity contribution >= 4 is 5.97 Å². The molecule has 1 atom stereocenters. The summed E-state index contributed by atoms with van der Waals surface area (Å²) in [6.45, 7) is 8.04. The van der Waals surface area contributed by atoms with Crippen LogP contribution < -0.4 is 0 Å². The quantitative estimate of drug-likeness (QED) is 0.323. The third kappa shape index (κ3) is 7.80. The zero-order chi connectivity index (χ0) is 21.2. The first-order chi connectivity index (χ1) is 13.9. The van der Waals surface area contributed by atoms with Crippen LogP contribution in [0.5, 0.6) is 0 Å². The molecule has 0 fully saturated rings. The van der Waals surface area contributed by atoms with E-state index in [0.29, 0.717) is 5.76 Å². The number of furan rings is 1. The highest BCUT2D eigenvalue weighted by atomic mass is 16.6. The van der Waals surface area contributed by atoms with Crippen LogP contribution in [0.3, 0.4) is 0 Å². The molecule has 0 spiro atoms. The van der Waals surface area contributed by atoms with Gasteiger partial charge in [-0.05, 0) is 89.3 Å². The van der Waals surface area contributed by atoms with Crippen LogP contribution in [-0.2, 0) is 16.0 Å². The molecule has 29 heavy (non-hydrogen) atoms. The maximum absolute atomic E-state index is 11.4. The Morgan fingerprint density at radius 3 is 2.55 bits per heavy atom. The molecular weight excluding hydrogens is 364 g/mol. The van der Waals surface area contributed by atoms with E-state index in [1.54, 1.807) is 13.2 Å². The van der Waals surface area contributed by atoms with Crippen molar-refractivity contribution in [2.45, 2.75) is 72.6 Å². The molecule has 0 radical (unpaired) electrons. The Morgan fingerprint density at radius 2 is 1.90 bits per heavy atom. The highest BCUT2D eigenvalue weighted by Crippen LogP contribution is 2.26. The Labute approximate surface area is 174 Å². The second-order valence-electron chi connectivity index (χ2n) is 8.07. The summed E-state index contributed by atoms with van der Waals surface area (Å²) in [4.78, 5) is 11.4. The number of hydrogen-bond acceptors (Lipinski definition) is 4. The summed E-state index contributed by atoms with van der Waals surface area (Å²) < 4.78 is 10.2. The van der Waals surface area contributed by atoms with Crippen LogP contribution in [0.2, 0.25) is 0 Å². The monoisotopic (exact) mass is 398 g/mol. The summed E-state index contributed by atoms with van der Waals surface area (Å²) in [5, 5.41) is 9.88.